The summed E-state index contributed by atoms with van der Waals surface area (Å²) in [5.74, 6) is 0.494. The fourth-order valence-electron chi connectivity index (χ4n) is 2.44. The van der Waals surface area contributed by atoms with Gasteiger partial charge < -0.3 is 15.4 Å². The molecular weight excluding hydrogens is 481 g/mol. The molecule has 7 nitrogen and oxygen atoms in total. The molecule has 9 heteroatoms. The Hall–Kier alpha value is -1.36. The van der Waals surface area contributed by atoms with E-state index < -0.39 is 9.84 Å². The average molecular weight is 511 g/mol. The van der Waals surface area contributed by atoms with Crippen LogP contribution in [-0.4, -0.2) is 46.8 Å². The zero-order valence-corrected chi connectivity index (χ0v) is 19.5. The van der Waals surface area contributed by atoms with E-state index in [9.17, 15) is 13.2 Å². The van der Waals surface area contributed by atoms with Gasteiger partial charge in [0.15, 0.2) is 15.8 Å². The van der Waals surface area contributed by atoms with E-state index in [1.807, 2.05) is 13.0 Å². The molecule has 0 aliphatic rings. The van der Waals surface area contributed by atoms with E-state index >= 15 is 0 Å². The third-order valence-electron chi connectivity index (χ3n) is 3.73. The maximum atomic E-state index is 11.7. The van der Waals surface area contributed by atoms with Gasteiger partial charge in [-0.15, -0.1) is 24.0 Å². The molecule has 0 aliphatic carbocycles. The number of sulfone groups is 1. The number of benzene rings is 1. The molecule has 0 fully saturated rings. The molecular formula is C18H30IN3O4S. The van der Waals surface area contributed by atoms with Crippen LogP contribution >= 0.6 is 24.0 Å². The molecule has 0 saturated heterocycles. The second-order valence-electron chi connectivity index (χ2n) is 6.03. The Labute approximate surface area is 179 Å². The van der Waals surface area contributed by atoms with Gasteiger partial charge in [0, 0.05) is 25.8 Å². The van der Waals surface area contributed by atoms with Crippen LogP contribution in [0.4, 0.5) is 0 Å². The largest absolute Gasteiger partial charge is 0.469 e. The minimum Gasteiger partial charge on any atom is -0.469 e. The Morgan fingerprint density at radius 1 is 1.22 bits per heavy atom. The number of ether oxygens (including phenoxy) is 1. The van der Waals surface area contributed by atoms with Gasteiger partial charge in [-0.25, -0.2) is 13.4 Å². The molecule has 1 aromatic rings. The highest BCUT2D eigenvalue weighted by Gasteiger charge is 2.10. The summed E-state index contributed by atoms with van der Waals surface area (Å²) in [5.41, 5.74) is 1.67. The summed E-state index contributed by atoms with van der Waals surface area (Å²) in [6.07, 6.45) is 3.21. The van der Waals surface area contributed by atoms with Crippen molar-refractivity contribution in [1.29, 1.82) is 0 Å². The maximum absolute atomic E-state index is 11.7. The van der Waals surface area contributed by atoms with Gasteiger partial charge in [0.2, 0.25) is 0 Å². The van der Waals surface area contributed by atoms with Crippen LogP contribution in [0.3, 0.4) is 0 Å². The number of halogens is 1. The first-order chi connectivity index (χ1) is 12.3. The summed E-state index contributed by atoms with van der Waals surface area (Å²) in [5, 5.41) is 6.39. The van der Waals surface area contributed by atoms with Crippen molar-refractivity contribution in [2.75, 3.05) is 26.5 Å². The second kappa shape index (κ2) is 12.9. The molecule has 0 unspecified atom stereocenters. The van der Waals surface area contributed by atoms with E-state index in [0.717, 1.165) is 30.5 Å². The molecule has 0 amide bonds. The van der Waals surface area contributed by atoms with Crippen molar-refractivity contribution in [1.82, 2.24) is 10.6 Å². The monoisotopic (exact) mass is 511 g/mol. The lowest BCUT2D eigenvalue weighted by molar-refractivity contribution is -0.140. The van der Waals surface area contributed by atoms with E-state index in [1.165, 1.54) is 13.4 Å². The van der Waals surface area contributed by atoms with Crippen LogP contribution in [0, 0.1) is 6.92 Å². The number of carbonyl (C=O) groups is 1. The van der Waals surface area contributed by atoms with Crippen molar-refractivity contribution in [3.8, 4) is 0 Å². The van der Waals surface area contributed by atoms with Gasteiger partial charge in [0.25, 0.3) is 0 Å². The third-order valence-corrected chi connectivity index (χ3v) is 4.99. The summed E-state index contributed by atoms with van der Waals surface area (Å²) in [6.45, 7) is 5.66. The minimum absolute atomic E-state index is 0. The predicted octanol–water partition coefficient (Wildman–Crippen LogP) is 2.41. The maximum Gasteiger partial charge on any atom is 0.305 e. The summed E-state index contributed by atoms with van der Waals surface area (Å²) in [4.78, 5) is 15.9. The quantitative estimate of drug-likeness (QED) is 0.174. The molecule has 0 heterocycles. The number of unbranched alkanes of at least 4 members (excludes halogenated alkanes) is 1. The number of hydrogen-bond acceptors (Lipinski definition) is 5. The number of rotatable bonds is 9. The lowest BCUT2D eigenvalue weighted by atomic mass is 10.1. The smallest absolute Gasteiger partial charge is 0.305 e. The molecule has 0 spiro atoms. The van der Waals surface area contributed by atoms with Crippen molar-refractivity contribution < 1.29 is 17.9 Å². The van der Waals surface area contributed by atoms with Crippen LogP contribution in [-0.2, 0) is 25.9 Å². The predicted molar refractivity (Wildman–Crippen MR) is 118 cm³/mol. The highest BCUT2D eigenvalue weighted by atomic mass is 127. The van der Waals surface area contributed by atoms with Crippen LogP contribution in [0.1, 0.15) is 37.3 Å². The first kappa shape index (κ1) is 25.6. The van der Waals surface area contributed by atoms with Crippen molar-refractivity contribution in [2.24, 2.45) is 4.99 Å². The summed E-state index contributed by atoms with van der Waals surface area (Å²) in [7, 11) is -1.82. The van der Waals surface area contributed by atoms with Crippen molar-refractivity contribution in [3.63, 3.8) is 0 Å². The first-order valence-corrected chi connectivity index (χ1v) is 10.6. The van der Waals surface area contributed by atoms with E-state index in [2.05, 4.69) is 20.4 Å². The Morgan fingerprint density at radius 2 is 1.93 bits per heavy atom. The molecule has 154 valence electrons. The number of methoxy groups -OCH3 is 1. The summed E-state index contributed by atoms with van der Waals surface area (Å²) >= 11 is 0. The third kappa shape index (κ3) is 9.94. The number of guanidine groups is 1. The van der Waals surface area contributed by atoms with E-state index in [0.29, 0.717) is 30.4 Å². The van der Waals surface area contributed by atoms with Gasteiger partial charge in [0.1, 0.15) is 0 Å². The van der Waals surface area contributed by atoms with Gasteiger partial charge in [-0.05, 0) is 43.9 Å². The van der Waals surface area contributed by atoms with Gasteiger partial charge in [-0.2, -0.15) is 0 Å². The van der Waals surface area contributed by atoms with Crippen molar-refractivity contribution in [3.05, 3.63) is 29.3 Å². The highest BCUT2D eigenvalue weighted by molar-refractivity contribution is 14.0. The van der Waals surface area contributed by atoms with Gasteiger partial charge in [-0.3, -0.25) is 4.79 Å². The van der Waals surface area contributed by atoms with Crippen LogP contribution in [0.15, 0.2) is 28.1 Å². The zero-order chi connectivity index (χ0) is 19.6. The number of hydrogen-bond donors (Lipinski definition) is 2. The van der Waals surface area contributed by atoms with E-state index in [1.54, 1.807) is 19.1 Å². The minimum atomic E-state index is -3.21. The van der Waals surface area contributed by atoms with Crippen molar-refractivity contribution >= 4 is 45.7 Å². The fraction of sp³-hybridized carbons (Fsp3) is 0.556. The summed E-state index contributed by atoms with van der Waals surface area (Å²) < 4.78 is 28.0. The molecule has 0 radical (unpaired) electrons. The van der Waals surface area contributed by atoms with Gasteiger partial charge in [-0.1, -0.05) is 12.1 Å². The molecule has 2 N–H and O–H groups in total. The lowest BCUT2D eigenvalue weighted by Gasteiger charge is -2.11. The highest BCUT2D eigenvalue weighted by Crippen LogP contribution is 2.17. The number of aliphatic imine (C=N–C) groups is 1. The molecule has 1 aromatic carbocycles. The lowest BCUT2D eigenvalue weighted by Crippen LogP contribution is -2.37. The normalized spacial score (nSPS) is 11.5. The second-order valence-corrected chi connectivity index (χ2v) is 8.01. The molecule has 27 heavy (non-hydrogen) atoms. The topological polar surface area (TPSA) is 96.9 Å². The standard InChI is InChI=1S/C18H29N3O4S.HI/c1-5-19-18(20-11-7-6-8-17(22)25-3)21-13-15-9-10-16(14(2)12-15)26(4,23)24;/h9-10,12H,5-8,11,13H2,1-4H3,(H2,19,20,21);1H. The zero-order valence-electron chi connectivity index (χ0n) is 16.4. The molecule has 0 saturated carbocycles. The van der Waals surface area contributed by atoms with Crippen LogP contribution in [0.2, 0.25) is 0 Å². The van der Waals surface area contributed by atoms with Gasteiger partial charge >= 0.3 is 5.97 Å². The Morgan fingerprint density at radius 3 is 2.48 bits per heavy atom. The Kier molecular flexibility index (Phi) is 12.3. The van der Waals surface area contributed by atoms with Crippen LogP contribution in [0.25, 0.3) is 0 Å². The first-order valence-electron chi connectivity index (χ1n) is 8.66. The Balaban J connectivity index is 0.00000676. The average Bonchev–Trinajstić information content (AvgIpc) is 2.57. The number of nitrogens with zero attached hydrogens (tertiary/aromatic N) is 1. The van der Waals surface area contributed by atoms with Crippen LogP contribution < -0.4 is 10.6 Å². The molecule has 1 rings (SSSR count). The summed E-state index contributed by atoms with van der Waals surface area (Å²) in [6, 6.07) is 5.26. The fourth-order valence-corrected chi connectivity index (χ4v) is 3.40. The molecule has 0 atom stereocenters. The number of nitrogens with one attached hydrogen (secondary N) is 2. The number of aryl methyl sites for hydroxylation is 1. The number of esters is 1. The SMILES string of the molecule is CCNC(=NCc1ccc(S(C)(=O)=O)c(C)c1)NCCCCC(=O)OC.I. The molecule has 0 bridgehead atoms. The number of carbonyl (C=O) groups excluding carboxylic acids is 1. The Bertz CT molecular complexity index is 736. The van der Waals surface area contributed by atoms with E-state index in [-0.39, 0.29) is 29.9 Å². The molecule has 0 aromatic heterocycles. The molecule has 0 aliphatic heterocycles. The van der Waals surface area contributed by atoms with Gasteiger partial charge in [0.05, 0.1) is 18.6 Å². The van der Waals surface area contributed by atoms with Crippen molar-refractivity contribution in [2.45, 2.75) is 44.6 Å². The van der Waals surface area contributed by atoms with E-state index in [4.69, 9.17) is 0 Å². The van der Waals surface area contributed by atoms with Crippen LogP contribution in [0.5, 0.6) is 0 Å².